The van der Waals surface area contributed by atoms with Gasteiger partial charge in [-0.15, -0.1) is 0 Å². The molecule has 7 heteroatoms. The molecule has 1 aromatic heterocycles. The van der Waals surface area contributed by atoms with E-state index in [2.05, 4.69) is 19.8 Å². The van der Waals surface area contributed by atoms with E-state index < -0.39 is 0 Å². The maximum absolute atomic E-state index is 12.9. The summed E-state index contributed by atoms with van der Waals surface area (Å²) in [6.45, 7) is 8.93. The number of ether oxygens (including phenoxy) is 1. The van der Waals surface area contributed by atoms with Crippen molar-refractivity contribution in [1.82, 2.24) is 19.8 Å². The van der Waals surface area contributed by atoms with Crippen molar-refractivity contribution in [2.45, 2.75) is 38.6 Å². The zero-order chi connectivity index (χ0) is 18.6. The minimum absolute atomic E-state index is 0.166. The summed E-state index contributed by atoms with van der Waals surface area (Å²) in [5, 5.41) is 0. The second kappa shape index (κ2) is 8.52. The van der Waals surface area contributed by atoms with Crippen LogP contribution in [0.3, 0.4) is 0 Å². The molecule has 1 unspecified atom stereocenters. The van der Waals surface area contributed by atoms with Crippen LogP contribution in [0.1, 0.15) is 31.5 Å². The number of aromatic nitrogens is 2. The molecule has 0 radical (unpaired) electrons. The number of amides is 1. The van der Waals surface area contributed by atoms with Crippen LogP contribution in [0.5, 0.6) is 0 Å². The molecule has 0 saturated carbocycles. The van der Waals surface area contributed by atoms with Crippen molar-refractivity contribution in [2.24, 2.45) is 5.92 Å². The smallest absolute Gasteiger partial charge is 0.227 e. The lowest BCUT2D eigenvalue weighted by Crippen LogP contribution is -2.52. The molecule has 1 amide bonds. The van der Waals surface area contributed by atoms with Gasteiger partial charge in [0, 0.05) is 45.0 Å². The maximum atomic E-state index is 12.9. The first kappa shape index (κ1) is 18.6. The quantitative estimate of drug-likeness (QED) is 0.797. The number of hydrogen-bond donors (Lipinski definition) is 0. The summed E-state index contributed by atoms with van der Waals surface area (Å²) in [6.07, 6.45) is 6.29. The Morgan fingerprint density at radius 2 is 1.89 bits per heavy atom. The summed E-state index contributed by atoms with van der Waals surface area (Å²) >= 11 is 0. The lowest BCUT2D eigenvalue weighted by atomic mass is 9.92. The van der Waals surface area contributed by atoms with E-state index >= 15 is 0 Å². The summed E-state index contributed by atoms with van der Waals surface area (Å²) in [4.78, 5) is 28.6. The molecule has 4 heterocycles. The highest BCUT2D eigenvalue weighted by atomic mass is 16.5. The minimum atomic E-state index is 0.166. The zero-order valence-electron chi connectivity index (χ0n) is 16.3. The van der Waals surface area contributed by atoms with Gasteiger partial charge in [0.15, 0.2) is 0 Å². The van der Waals surface area contributed by atoms with E-state index in [-0.39, 0.29) is 5.92 Å². The molecule has 148 valence electrons. The largest absolute Gasteiger partial charge is 0.378 e. The van der Waals surface area contributed by atoms with Crippen molar-refractivity contribution >= 4 is 11.7 Å². The standard InChI is InChI=1S/C20H31N5O2/c1-16-21-7-4-19(22-16)23-9-5-18(6-10-23)25-8-2-3-17(15-25)20(26)24-11-13-27-14-12-24/h4,7,17-18H,2-3,5-6,8-15H2,1H3. The summed E-state index contributed by atoms with van der Waals surface area (Å²) < 4.78 is 5.39. The van der Waals surface area contributed by atoms with E-state index in [0.29, 0.717) is 25.2 Å². The fourth-order valence-corrected chi connectivity index (χ4v) is 4.66. The molecular weight excluding hydrogens is 342 g/mol. The van der Waals surface area contributed by atoms with Crippen LogP contribution in [0.4, 0.5) is 5.82 Å². The highest BCUT2D eigenvalue weighted by Gasteiger charge is 2.34. The number of carbonyl (C=O) groups is 1. The van der Waals surface area contributed by atoms with Gasteiger partial charge < -0.3 is 14.5 Å². The van der Waals surface area contributed by atoms with Crippen LogP contribution in [-0.2, 0) is 9.53 Å². The van der Waals surface area contributed by atoms with Gasteiger partial charge in [-0.05, 0) is 45.2 Å². The Morgan fingerprint density at radius 3 is 2.63 bits per heavy atom. The maximum Gasteiger partial charge on any atom is 0.227 e. The van der Waals surface area contributed by atoms with Gasteiger partial charge in [-0.2, -0.15) is 0 Å². The Morgan fingerprint density at radius 1 is 1.11 bits per heavy atom. The molecule has 0 aliphatic carbocycles. The molecule has 3 aliphatic rings. The second-order valence-electron chi connectivity index (χ2n) is 7.95. The number of rotatable bonds is 3. The zero-order valence-corrected chi connectivity index (χ0v) is 16.3. The molecule has 7 nitrogen and oxygen atoms in total. The average molecular weight is 374 g/mol. The van der Waals surface area contributed by atoms with Gasteiger partial charge in [0.05, 0.1) is 19.1 Å². The van der Waals surface area contributed by atoms with Gasteiger partial charge in [-0.3, -0.25) is 9.69 Å². The molecule has 4 rings (SSSR count). The van der Waals surface area contributed by atoms with E-state index in [1.165, 1.54) is 0 Å². The molecule has 3 aliphatic heterocycles. The first-order valence-electron chi connectivity index (χ1n) is 10.4. The number of likely N-dealkylation sites (tertiary alicyclic amines) is 1. The molecular formula is C20H31N5O2. The molecule has 1 atom stereocenters. The number of aryl methyl sites for hydroxylation is 1. The van der Waals surface area contributed by atoms with Crippen molar-refractivity contribution in [2.75, 3.05) is 57.4 Å². The first-order chi connectivity index (χ1) is 13.2. The third-order valence-corrected chi connectivity index (χ3v) is 6.19. The van der Waals surface area contributed by atoms with Gasteiger partial charge in [0.25, 0.3) is 0 Å². The number of nitrogens with zero attached hydrogens (tertiary/aromatic N) is 5. The summed E-state index contributed by atoms with van der Waals surface area (Å²) in [5.41, 5.74) is 0. The van der Waals surface area contributed by atoms with Crippen LogP contribution < -0.4 is 4.90 Å². The lowest BCUT2D eigenvalue weighted by Gasteiger charge is -2.43. The average Bonchev–Trinajstić information content (AvgIpc) is 2.74. The molecule has 0 bridgehead atoms. The van der Waals surface area contributed by atoms with Gasteiger partial charge >= 0.3 is 0 Å². The number of hydrogen-bond acceptors (Lipinski definition) is 6. The van der Waals surface area contributed by atoms with Crippen LogP contribution in [0.15, 0.2) is 12.3 Å². The predicted molar refractivity (Wildman–Crippen MR) is 104 cm³/mol. The van der Waals surface area contributed by atoms with E-state index in [0.717, 1.165) is 76.6 Å². The van der Waals surface area contributed by atoms with Crippen molar-refractivity contribution in [3.05, 3.63) is 18.1 Å². The second-order valence-corrected chi connectivity index (χ2v) is 7.95. The summed E-state index contributed by atoms with van der Waals surface area (Å²) in [5.74, 6) is 2.38. The third-order valence-electron chi connectivity index (χ3n) is 6.19. The Kier molecular flexibility index (Phi) is 5.88. The number of anilines is 1. The monoisotopic (exact) mass is 373 g/mol. The summed E-state index contributed by atoms with van der Waals surface area (Å²) in [7, 11) is 0. The van der Waals surface area contributed by atoms with Crippen LogP contribution >= 0.6 is 0 Å². The van der Waals surface area contributed by atoms with Crippen LogP contribution in [0, 0.1) is 12.8 Å². The Hall–Kier alpha value is -1.73. The van der Waals surface area contributed by atoms with E-state index in [1.54, 1.807) is 0 Å². The van der Waals surface area contributed by atoms with Crippen LogP contribution in [-0.4, -0.2) is 84.2 Å². The molecule has 1 aromatic rings. The minimum Gasteiger partial charge on any atom is -0.378 e. The highest BCUT2D eigenvalue weighted by molar-refractivity contribution is 5.79. The normalized spacial score (nSPS) is 25.6. The van der Waals surface area contributed by atoms with Gasteiger partial charge in [-0.25, -0.2) is 9.97 Å². The van der Waals surface area contributed by atoms with Gasteiger partial charge in [0.1, 0.15) is 11.6 Å². The lowest BCUT2D eigenvalue weighted by molar-refractivity contribution is -0.141. The molecule has 3 saturated heterocycles. The molecule has 0 aromatic carbocycles. The molecule has 0 spiro atoms. The number of piperidine rings is 2. The van der Waals surface area contributed by atoms with Gasteiger partial charge in [-0.1, -0.05) is 0 Å². The fourth-order valence-electron chi connectivity index (χ4n) is 4.66. The van der Waals surface area contributed by atoms with E-state index in [4.69, 9.17) is 4.74 Å². The SMILES string of the molecule is Cc1nccc(N2CCC(N3CCCC(C(=O)N4CCOCC4)C3)CC2)n1. The highest BCUT2D eigenvalue weighted by Crippen LogP contribution is 2.26. The van der Waals surface area contributed by atoms with Crippen molar-refractivity contribution in [1.29, 1.82) is 0 Å². The Bertz CT molecular complexity index is 641. The summed E-state index contributed by atoms with van der Waals surface area (Å²) in [6, 6.07) is 2.59. The van der Waals surface area contributed by atoms with E-state index in [1.807, 2.05) is 24.1 Å². The fraction of sp³-hybridized carbons (Fsp3) is 0.750. The molecule has 3 fully saturated rings. The van der Waals surface area contributed by atoms with Crippen LogP contribution in [0.25, 0.3) is 0 Å². The number of carbonyl (C=O) groups excluding carboxylic acids is 1. The van der Waals surface area contributed by atoms with Gasteiger partial charge in [0.2, 0.25) is 5.91 Å². The molecule has 0 N–H and O–H groups in total. The predicted octanol–water partition coefficient (Wildman–Crippen LogP) is 1.32. The Balaban J connectivity index is 1.31. The third kappa shape index (κ3) is 4.41. The topological polar surface area (TPSA) is 61.8 Å². The first-order valence-corrected chi connectivity index (χ1v) is 10.4. The van der Waals surface area contributed by atoms with Crippen molar-refractivity contribution in [3.8, 4) is 0 Å². The Labute approximate surface area is 161 Å². The van der Waals surface area contributed by atoms with E-state index in [9.17, 15) is 4.79 Å². The van der Waals surface area contributed by atoms with Crippen molar-refractivity contribution < 1.29 is 9.53 Å². The van der Waals surface area contributed by atoms with Crippen LogP contribution in [0.2, 0.25) is 0 Å². The van der Waals surface area contributed by atoms with Crippen molar-refractivity contribution in [3.63, 3.8) is 0 Å². The molecule has 27 heavy (non-hydrogen) atoms. The number of morpholine rings is 1.